The lowest BCUT2D eigenvalue weighted by Gasteiger charge is -2.03. The van der Waals surface area contributed by atoms with E-state index in [2.05, 4.69) is 52.0 Å². The van der Waals surface area contributed by atoms with Crippen molar-refractivity contribution in [3.63, 3.8) is 0 Å². The molecule has 0 spiro atoms. The molecule has 0 nitrogen and oxygen atoms in total. The lowest BCUT2D eigenvalue weighted by atomic mass is 10.3. The fourth-order valence-corrected chi connectivity index (χ4v) is 2.68. The highest BCUT2D eigenvalue weighted by molar-refractivity contribution is 6.35. The minimum absolute atomic E-state index is 0.755. The van der Waals surface area contributed by atoms with Gasteiger partial charge in [-0.05, 0) is 6.42 Å². The van der Waals surface area contributed by atoms with E-state index >= 15 is 0 Å². The van der Waals surface area contributed by atoms with E-state index in [9.17, 15) is 0 Å². The molecule has 0 amide bonds. The second-order valence-electron chi connectivity index (χ2n) is 4.64. The Bertz CT molecular complexity index is 148. The predicted molar refractivity (Wildman–Crippen MR) is 67.9 cm³/mol. The third-order valence-corrected chi connectivity index (χ3v) is 4.48. The van der Waals surface area contributed by atoms with Crippen LogP contribution in [0.1, 0.15) is 34.1 Å². The van der Waals surface area contributed by atoms with Crippen LogP contribution < -0.4 is 0 Å². The van der Waals surface area contributed by atoms with E-state index in [1.807, 2.05) is 0 Å². The van der Waals surface area contributed by atoms with Crippen molar-refractivity contribution >= 4 is 15.2 Å². The van der Waals surface area contributed by atoms with Gasteiger partial charge in [0.1, 0.15) is 0 Å². The Hall–Kier alpha value is 0.0125. The molecular formula is C13H24Al. The summed E-state index contributed by atoms with van der Waals surface area (Å²) in [4.78, 5) is 0. The van der Waals surface area contributed by atoms with E-state index in [-0.39, 0.29) is 0 Å². The van der Waals surface area contributed by atoms with E-state index < -0.39 is 0 Å². The molecular weight excluding hydrogens is 183 g/mol. The SMILES string of the molecule is C1=CCC=C1.CC(C)[CH2][Al][CH2]C(C)C. The Labute approximate surface area is 96.2 Å². The fraction of sp³-hybridized carbons (Fsp3) is 0.692. The third kappa shape index (κ3) is 12.0. The summed E-state index contributed by atoms with van der Waals surface area (Å²) in [6.45, 7) is 9.25. The van der Waals surface area contributed by atoms with E-state index in [0.717, 1.165) is 33.5 Å². The van der Waals surface area contributed by atoms with Gasteiger partial charge in [0.2, 0.25) is 15.2 Å². The van der Waals surface area contributed by atoms with Crippen LogP contribution in [0.5, 0.6) is 0 Å². The molecule has 14 heavy (non-hydrogen) atoms. The van der Waals surface area contributed by atoms with Gasteiger partial charge in [-0.25, -0.2) is 0 Å². The summed E-state index contributed by atoms with van der Waals surface area (Å²) in [6.07, 6.45) is 9.50. The van der Waals surface area contributed by atoms with Gasteiger partial charge < -0.3 is 0 Å². The largest absolute Gasteiger partial charge is 0.200 e. The molecule has 0 aromatic carbocycles. The molecule has 0 aromatic heterocycles. The average molecular weight is 207 g/mol. The average Bonchev–Trinajstić information content (AvgIpc) is 2.58. The van der Waals surface area contributed by atoms with Crippen LogP contribution in [0.4, 0.5) is 0 Å². The number of hydrogen-bond donors (Lipinski definition) is 0. The lowest BCUT2D eigenvalue weighted by Crippen LogP contribution is -1.99. The van der Waals surface area contributed by atoms with E-state index in [1.54, 1.807) is 0 Å². The monoisotopic (exact) mass is 207 g/mol. The molecule has 1 aliphatic carbocycles. The molecule has 1 rings (SSSR count). The minimum atomic E-state index is 0.755. The van der Waals surface area contributed by atoms with Crippen LogP contribution in [0.2, 0.25) is 10.6 Å². The molecule has 0 unspecified atom stereocenters. The van der Waals surface area contributed by atoms with Crippen molar-refractivity contribution in [3.8, 4) is 0 Å². The van der Waals surface area contributed by atoms with Crippen molar-refractivity contribution in [2.45, 2.75) is 44.7 Å². The summed E-state index contributed by atoms with van der Waals surface area (Å²) in [5.41, 5.74) is 0. The number of allylic oxidation sites excluding steroid dienone is 4. The number of hydrogen-bond acceptors (Lipinski definition) is 0. The fourth-order valence-electron chi connectivity index (χ4n) is 1.16. The third-order valence-electron chi connectivity index (χ3n) is 1.93. The van der Waals surface area contributed by atoms with Gasteiger partial charge in [0.25, 0.3) is 0 Å². The summed E-state index contributed by atoms with van der Waals surface area (Å²) < 4.78 is 0. The topological polar surface area (TPSA) is 0 Å². The molecule has 0 heterocycles. The Morgan fingerprint density at radius 2 is 1.36 bits per heavy atom. The summed E-state index contributed by atoms with van der Waals surface area (Å²) in [5, 5.41) is 2.97. The van der Waals surface area contributed by atoms with Crippen LogP contribution in [0.3, 0.4) is 0 Å². The highest BCUT2D eigenvalue weighted by atomic mass is 27.1. The maximum Gasteiger partial charge on any atom is 0.200 e. The Balaban J connectivity index is 0.000000280. The van der Waals surface area contributed by atoms with Crippen molar-refractivity contribution in [1.29, 1.82) is 0 Å². The van der Waals surface area contributed by atoms with Gasteiger partial charge in [0, 0.05) is 0 Å². The van der Waals surface area contributed by atoms with Crippen LogP contribution in [-0.2, 0) is 0 Å². The van der Waals surface area contributed by atoms with Gasteiger partial charge in [-0.1, -0.05) is 63.8 Å². The van der Waals surface area contributed by atoms with Gasteiger partial charge in [0.15, 0.2) is 0 Å². The van der Waals surface area contributed by atoms with Crippen molar-refractivity contribution < 1.29 is 0 Å². The molecule has 0 aromatic rings. The molecule has 0 atom stereocenters. The highest BCUT2D eigenvalue weighted by Crippen LogP contribution is 2.05. The quantitative estimate of drug-likeness (QED) is 0.601. The Morgan fingerprint density at radius 1 is 0.929 bits per heavy atom. The van der Waals surface area contributed by atoms with Crippen molar-refractivity contribution in [3.05, 3.63) is 24.3 Å². The molecule has 79 valence electrons. The zero-order valence-corrected chi connectivity index (χ0v) is 11.3. The van der Waals surface area contributed by atoms with Gasteiger partial charge in [-0.15, -0.1) is 10.6 Å². The molecule has 0 aliphatic heterocycles. The zero-order valence-electron chi connectivity index (χ0n) is 10.2. The van der Waals surface area contributed by atoms with Crippen LogP contribution in [0.15, 0.2) is 24.3 Å². The van der Waals surface area contributed by atoms with E-state index in [4.69, 9.17) is 0 Å². The molecule has 0 saturated carbocycles. The summed E-state index contributed by atoms with van der Waals surface area (Å²) in [6, 6.07) is 0. The summed E-state index contributed by atoms with van der Waals surface area (Å²) in [5.74, 6) is 1.86. The number of rotatable bonds is 4. The summed E-state index contributed by atoms with van der Waals surface area (Å²) >= 11 is 0.755. The molecule has 0 saturated heterocycles. The first-order valence-electron chi connectivity index (χ1n) is 5.76. The highest BCUT2D eigenvalue weighted by Gasteiger charge is 1.98. The maximum absolute atomic E-state index is 2.31. The van der Waals surface area contributed by atoms with Gasteiger partial charge >= 0.3 is 0 Å². The van der Waals surface area contributed by atoms with Gasteiger partial charge in [0.05, 0.1) is 0 Å². The standard InChI is InChI=1S/C5H6.2C4H9.Al/c1-2-4-5-3-1;2*1-4(2)3;/h1-4H,5H2;2*4H,1H2,2-3H3;. The smallest absolute Gasteiger partial charge is 0.102 e. The molecule has 0 bridgehead atoms. The second-order valence-corrected chi connectivity index (χ2v) is 6.16. The lowest BCUT2D eigenvalue weighted by molar-refractivity contribution is 0.700. The van der Waals surface area contributed by atoms with Gasteiger partial charge in [-0.2, -0.15) is 0 Å². The van der Waals surface area contributed by atoms with Crippen LogP contribution >= 0.6 is 0 Å². The van der Waals surface area contributed by atoms with Crippen LogP contribution in [-0.4, -0.2) is 15.2 Å². The molecule has 0 N–H and O–H groups in total. The second kappa shape index (κ2) is 9.56. The first-order chi connectivity index (χ1) is 6.63. The van der Waals surface area contributed by atoms with Crippen LogP contribution in [0, 0.1) is 11.8 Å². The molecule has 1 heteroatoms. The van der Waals surface area contributed by atoms with Crippen molar-refractivity contribution in [2.24, 2.45) is 11.8 Å². The molecule has 0 fully saturated rings. The zero-order chi connectivity index (χ0) is 10.8. The van der Waals surface area contributed by atoms with Gasteiger partial charge in [-0.3, -0.25) is 0 Å². The molecule has 1 radical (unpaired) electrons. The summed E-state index contributed by atoms with van der Waals surface area (Å²) in [7, 11) is 0. The van der Waals surface area contributed by atoms with Crippen molar-refractivity contribution in [2.75, 3.05) is 0 Å². The van der Waals surface area contributed by atoms with Crippen LogP contribution in [0.25, 0.3) is 0 Å². The maximum atomic E-state index is 2.31. The normalized spacial score (nSPS) is 13.3. The first kappa shape index (κ1) is 14.0. The first-order valence-corrected chi connectivity index (χ1v) is 7.39. The minimum Gasteiger partial charge on any atom is -0.102 e. The predicted octanol–water partition coefficient (Wildman–Crippen LogP) is 4.34. The Morgan fingerprint density at radius 3 is 1.57 bits per heavy atom. The molecule has 1 aliphatic rings. The van der Waals surface area contributed by atoms with E-state index in [1.165, 1.54) is 10.6 Å². The van der Waals surface area contributed by atoms with Crippen molar-refractivity contribution in [1.82, 2.24) is 0 Å². The van der Waals surface area contributed by atoms with E-state index in [0.29, 0.717) is 0 Å². The Kier molecular flexibility index (Phi) is 9.57.